The van der Waals surface area contributed by atoms with E-state index in [4.69, 9.17) is 17.0 Å². The summed E-state index contributed by atoms with van der Waals surface area (Å²) in [7, 11) is 1.49. The Morgan fingerprint density at radius 2 is 2.00 bits per heavy atom. The standard InChI is InChI=1S/C19H26FN5OS/c1-4-7-24-15(2)21-25(19(24)27)14-23-10-8-22(9-11-23)13-16-5-6-18(26-3)17(20)12-16/h4-6,12H,1,7-11,13-14H2,2-3H3/p+2. The summed E-state index contributed by atoms with van der Waals surface area (Å²) in [4.78, 5) is 2.94. The minimum Gasteiger partial charge on any atom is -0.494 e. The Morgan fingerprint density at radius 3 is 2.63 bits per heavy atom. The van der Waals surface area contributed by atoms with E-state index >= 15 is 0 Å². The van der Waals surface area contributed by atoms with Crippen molar-refractivity contribution in [3.63, 3.8) is 0 Å². The highest BCUT2D eigenvalue weighted by Crippen LogP contribution is 2.17. The number of ether oxygens (including phenoxy) is 1. The van der Waals surface area contributed by atoms with E-state index in [1.54, 1.807) is 12.1 Å². The number of hydrogen-bond donors (Lipinski definition) is 2. The molecule has 146 valence electrons. The van der Waals surface area contributed by atoms with Crippen LogP contribution in [0.1, 0.15) is 11.4 Å². The van der Waals surface area contributed by atoms with E-state index in [2.05, 4.69) is 11.7 Å². The van der Waals surface area contributed by atoms with Gasteiger partial charge in [-0.15, -0.1) is 6.58 Å². The second-order valence-corrected chi connectivity index (χ2v) is 7.40. The molecule has 2 aromatic rings. The average Bonchev–Trinajstić information content (AvgIpc) is 2.91. The summed E-state index contributed by atoms with van der Waals surface area (Å²) in [6, 6.07) is 5.23. The Balaban J connectivity index is 1.55. The molecule has 1 aromatic carbocycles. The molecule has 0 unspecified atom stereocenters. The summed E-state index contributed by atoms with van der Waals surface area (Å²) in [5.74, 6) is 0.926. The molecule has 1 aliphatic rings. The molecular formula is C19H28FN5OS+2. The zero-order valence-corrected chi connectivity index (χ0v) is 16.8. The number of rotatable bonds is 7. The number of piperazine rings is 1. The van der Waals surface area contributed by atoms with Crippen LogP contribution in [0.5, 0.6) is 5.75 Å². The lowest BCUT2D eigenvalue weighted by Gasteiger charge is -2.29. The van der Waals surface area contributed by atoms with E-state index in [0.29, 0.717) is 12.3 Å². The summed E-state index contributed by atoms with van der Waals surface area (Å²) >= 11 is 5.54. The van der Waals surface area contributed by atoms with E-state index in [9.17, 15) is 4.39 Å². The van der Waals surface area contributed by atoms with Gasteiger partial charge in [0.15, 0.2) is 18.2 Å². The first-order valence-electron chi connectivity index (χ1n) is 9.26. The first-order chi connectivity index (χ1) is 13.0. The lowest BCUT2D eigenvalue weighted by molar-refractivity contribution is -1.03. The quantitative estimate of drug-likeness (QED) is 0.514. The Morgan fingerprint density at radius 1 is 1.30 bits per heavy atom. The average molecular weight is 394 g/mol. The number of halogens is 1. The molecule has 27 heavy (non-hydrogen) atoms. The van der Waals surface area contributed by atoms with E-state index in [-0.39, 0.29) is 5.82 Å². The van der Waals surface area contributed by atoms with Gasteiger partial charge in [0.2, 0.25) is 4.77 Å². The van der Waals surface area contributed by atoms with Gasteiger partial charge < -0.3 is 19.1 Å². The molecule has 0 amide bonds. The van der Waals surface area contributed by atoms with Gasteiger partial charge in [0.1, 0.15) is 38.5 Å². The number of aryl methyl sites for hydroxylation is 1. The van der Waals surface area contributed by atoms with Crippen LogP contribution >= 0.6 is 12.2 Å². The largest absolute Gasteiger partial charge is 0.494 e. The molecule has 0 saturated carbocycles. The lowest BCUT2D eigenvalue weighted by atomic mass is 10.2. The first kappa shape index (κ1) is 19.7. The highest BCUT2D eigenvalue weighted by molar-refractivity contribution is 7.71. The molecular weight excluding hydrogens is 365 g/mol. The number of methoxy groups -OCH3 is 1. The summed E-state index contributed by atoms with van der Waals surface area (Å²) < 4.78 is 23.5. The van der Waals surface area contributed by atoms with Crippen molar-refractivity contribution in [1.82, 2.24) is 14.3 Å². The van der Waals surface area contributed by atoms with Gasteiger partial charge in [-0.05, 0) is 37.3 Å². The van der Waals surface area contributed by atoms with Crippen molar-refractivity contribution in [2.24, 2.45) is 0 Å². The van der Waals surface area contributed by atoms with Crippen molar-refractivity contribution in [2.45, 2.75) is 26.7 Å². The zero-order chi connectivity index (χ0) is 19.4. The van der Waals surface area contributed by atoms with Crippen LogP contribution in [-0.2, 0) is 19.8 Å². The third-order valence-corrected chi connectivity index (χ3v) is 5.56. The summed E-state index contributed by atoms with van der Waals surface area (Å²) in [5.41, 5.74) is 1.01. The van der Waals surface area contributed by atoms with Crippen molar-refractivity contribution in [1.29, 1.82) is 0 Å². The molecule has 8 heteroatoms. The number of aromatic nitrogens is 3. The molecule has 6 nitrogen and oxygen atoms in total. The van der Waals surface area contributed by atoms with Crippen LogP contribution in [0.3, 0.4) is 0 Å². The third kappa shape index (κ3) is 4.63. The molecule has 0 spiro atoms. The topological polar surface area (TPSA) is 40.9 Å². The van der Waals surface area contributed by atoms with Crippen LogP contribution in [0.25, 0.3) is 0 Å². The molecule has 0 radical (unpaired) electrons. The Hall–Kier alpha value is -2.03. The third-order valence-electron chi connectivity index (χ3n) is 5.13. The molecule has 0 bridgehead atoms. The number of hydrogen-bond acceptors (Lipinski definition) is 3. The molecule has 0 aliphatic carbocycles. The van der Waals surface area contributed by atoms with Gasteiger partial charge in [-0.1, -0.05) is 6.08 Å². The highest BCUT2D eigenvalue weighted by Gasteiger charge is 2.24. The van der Waals surface area contributed by atoms with Crippen LogP contribution in [-0.4, -0.2) is 47.6 Å². The normalized spacial score (nSPS) is 19.8. The van der Waals surface area contributed by atoms with Gasteiger partial charge in [0, 0.05) is 12.1 Å². The fourth-order valence-electron chi connectivity index (χ4n) is 3.60. The highest BCUT2D eigenvalue weighted by atomic mass is 32.1. The maximum absolute atomic E-state index is 13.9. The molecule has 2 heterocycles. The van der Waals surface area contributed by atoms with E-state index < -0.39 is 0 Å². The summed E-state index contributed by atoms with van der Waals surface area (Å²) in [6.07, 6.45) is 1.84. The number of benzene rings is 1. The van der Waals surface area contributed by atoms with Crippen molar-refractivity contribution >= 4 is 12.2 Å². The molecule has 2 N–H and O–H groups in total. The first-order valence-corrected chi connectivity index (χ1v) is 9.67. The summed E-state index contributed by atoms with van der Waals surface area (Å²) in [6.45, 7) is 12.2. The fraction of sp³-hybridized carbons (Fsp3) is 0.474. The van der Waals surface area contributed by atoms with Crippen LogP contribution in [0.2, 0.25) is 0 Å². The Labute approximate surface area is 164 Å². The second-order valence-electron chi connectivity index (χ2n) is 7.03. The predicted molar refractivity (Wildman–Crippen MR) is 104 cm³/mol. The smallest absolute Gasteiger partial charge is 0.203 e. The van der Waals surface area contributed by atoms with Gasteiger partial charge in [0.25, 0.3) is 0 Å². The number of quaternary nitrogens is 2. The van der Waals surface area contributed by atoms with Gasteiger partial charge in [-0.25, -0.2) is 4.39 Å². The molecule has 3 rings (SSSR count). The van der Waals surface area contributed by atoms with Crippen molar-refractivity contribution in [3.05, 3.63) is 52.8 Å². The minimum absolute atomic E-state index is 0.293. The van der Waals surface area contributed by atoms with Gasteiger partial charge in [-0.2, -0.15) is 9.78 Å². The van der Waals surface area contributed by atoms with Crippen LogP contribution in [0.4, 0.5) is 4.39 Å². The number of nitrogens with zero attached hydrogens (tertiary/aromatic N) is 3. The fourth-order valence-corrected chi connectivity index (χ4v) is 3.92. The second kappa shape index (κ2) is 8.77. The predicted octanol–water partition coefficient (Wildman–Crippen LogP) is -0.00269. The Bertz CT molecular complexity index is 854. The zero-order valence-electron chi connectivity index (χ0n) is 16.0. The molecule has 1 saturated heterocycles. The van der Waals surface area contributed by atoms with Crippen LogP contribution < -0.4 is 14.5 Å². The van der Waals surface area contributed by atoms with Gasteiger partial charge in [0.05, 0.1) is 7.11 Å². The monoisotopic (exact) mass is 393 g/mol. The maximum Gasteiger partial charge on any atom is 0.203 e. The number of nitrogens with one attached hydrogen (secondary N) is 2. The lowest BCUT2D eigenvalue weighted by Crippen LogP contribution is -3.27. The van der Waals surface area contributed by atoms with Crippen molar-refractivity contribution in [2.75, 3.05) is 33.3 Å². The van der Waals surface area contributed by atoms with Gasteiger partial charge >= 0.3 is 0 Å². The molecule has 1 aromatic heterocycles. The Kier molecular flexibility index (Phi) is 6.41. The summed E-state index contributed by atoms with van der Waals surface area (Å²) in [5, 5.41) is 4.58. The van der Waals surface area contributed by atoms with E-state index in [0.717, 1.165) is 55.6 Å². The molecule has 1 aliphatic heterocycles. The maximum atomic E-state index is 13.9. The van der Waals surface area contributed by atoms with Gasteiger partial charge in [-0.3, -0.25) is 0 Å². The SMILES string of the molecule is C=CCn1c(C)nn(C[NH+]2CC[NH+](Cc3ccc(OC)c(F)c3)CC2)c1=S. The van der Waals surface area contributed by atoms with E-state index in [1.807, 2.05) is 28.3 Å². The molecule has 0 atom stereocenters. The molecule has 1 fully saturated rings. The van der Waals surface area contributed by atoms with Crippen LogP contribution in [0.15, 0.2) is 30.9 Å². The van der Waals surface area contributed by atoms with Crippen molar-refractivity contribution in [3.8, 4) is 5.75 Å². The minimum atomic E-state index is -0.293. The van der Waals surface area contributed by atoms with Crippen LogP contribution in [0, 0.1) is 17.5 Å². The van der Waals surface area contributed by atoms with Crippen molar-refractivity contribution < 1.29 is 18.9 Å². The number of allylic oxidation sites excluding steroid dienone is 1. The van der Waals surface area contributed by atoms with E-state index in [1.165, 1.54) is 16.9 Å².